The molecule has 7 heteroatoms. The van der Waals surface area contributed by atoms with Crippen LogP contribution in [0.1, 0.15) is 39.0 Å². The lowest BCUT2D eigenvalue weighted by atomic mass is 10.0. The Labute approximate surface area is 128 Å². The zero-order valence-corrected chi connectivity index (χ0v) is 12.7. The van der Waals surface area contributed by atoms with Crippen LogP contribution in [-0.4, -0.2) is 37.1 Å². The summed E-state index contributed by atoms with van der Waals surface area (Å²) in [6.45, 7) is 1.29. The summed E-state index contributed by atoms with van der Waals surface area (Å²) in [5, 5.41) is 0. The summed E-state index contributed by atoms with van der Waals surface area (Å²) in [5.74, 6) is -2.90. The fourth-order valence-corrected chi connectivity index (χ4v) is 2.15. The van der Waals surface area contributed by atoms with Crippen molar-refractivity contribution in [1.29, 1.82) is 0 Å². The minimum Gasteiger partial charge on any atom is -0.466 e. The normalized spacial score (nSPS) is 16.3. The first-order chi connectivity index (χ1) is 10.4. The number of methoxy groups -OCH3 is 1. The minimum atomic E-state index is -1.23. The van der Waals surface area contributed by atoms with E-state index in [0.717, 1.165) is 44.9 Å². The van der Waals surface area contributed by atoms with Crippen LogP contribution in [0.15, 0.2) is 12.2 Å². The van der Waals surface area contributed by atoms with Gasteiger partial charge in [0.15, 0.2) is 6.10 Å². The van der Waals surface area contributed by atoms with Crippen molar-refractivity contribution < 1.29 is 33.4 Å². The summed E-state index contributed by atoms with van der Waals surface area (Å²) < 4.78 is 13.7. The van der Waals surface area contributed by atoms with E-state index >= 15 is 0 Å². The molecule has 0 spiro atoms. The number of carbonyl (C=O) groups excluding carboxylic acids is 4. The maximum Gasteiger partial charge on any atom is 0.354 e. The fraction of sp³-hybridized carbons (Fsp3) is 0.600. The summed E-state index contributed by atoms with van der Waals surface area (Å²) in [6.07, 6.45) is 4.77. The Morgan fingerprint density at radius 2 is 1.68 bits per heavy atom. The van der Waals surface area contributed by atoms with E-state index in [2.05, 4.69) is 9.47 Å². The van der Waals surface area contributed by atoms with Gasteiger partial charge in [0.05, 0.1) is 7.11 Å². The molecule has 0 amide bonds. The van der Waals surface area contributed by atoms with Gasteiger partial charge in [-0.25, -0.2) is 14.4 Å². The van der Waals surface area contributed by atoms with Gasteiger partial charge in [0.25, 0.3) is 0 Å². The van der Waals surface area contributed by atoms with E-state index in [1.54, 1.807) is 0 Å². The van der Waals surface area contributed by atoms with Crippen molar-refractivity contribution in [3.63, 3.8) is 0 Å². The Morgan fingerprint density at radius 1 is 1.09 bits per heavy atom. The average molecular weight is 312 g/mol. The molecule has 0 bridgehead atoms. The molecule has 1 unspecified atom stereocenters. The molecule has 0 saturated heterocycles. The Morgan fingerprint density at radius 3 is 2.27 bits per heavy atom. The molecule has 0 aliphatic heterocycles. The van der Waals surface area contributed by atoms with Gasteiger partial charge >= 0.3 is 23.9 Å². The van der Waals surface area contributed by atoms with Crippen LogP contribution in [0, 0.1) is 5.92 Å². The van der Waals surface area contributed by atoms with Crippen molar-refractivity contribution in [3.8, 4) is 0 Å². The van der Waals surface area contributed by atoms with E-state index in [-0.39, 0.29) is 12.3 Å². The van der Waals surface area contributed by atoms with Crippen molar-refractivity contribution >= 4 is 23.9 Å². The minimum absolute atomic E-state index is 0.203. The Bertz CT molecular complexity index is 461. The summed E-state index contributed by atoms with van der Waals surface area (Å²) in [7, 11) is 1.16. The van der Waals surface area contributed by atoms with Gasteiger partial charge in [-0.15, -0.1) is 0 Å². The van der Waals surface area contributed by atoms with Crippen molar-refractivity contribution in [2.24, 2.45) is 5.92 Å². The first-order valence-electron chi connectivity index (χ1n) is 7.13. The van der Waals surface area contributed by atoms with Gasteiger partial charge in [0, 0.05) is 18.6 Å². The average Bonchev–Trinajstić information content (AvgIpc) is 2.97. The fourth-order valence-electron chi connectivity index (χ4n) is 2.15. The second kappa shape index (κ2) is 8.96. The maximum absolute atomic E-state index is 11.6. The third-order valence-electron chi connectivity index (χ3n) is 3.33. The van der Waals surface area contributed by atoms with Crippen LogP contribution >= 0.6 is 0 Å². The summed E-state index contributed by atoms with van der Waals surface area (Å²) in [6, 6.07) is 0. The standard InChI is InChI=1S/C15H20O7/c1-10(21-13(17)8-7-12(16)20-2)15(19)22-14(18)9-11-5-3-4-6-11/h7-8,10-11H,3-6,9H2,1-2H3/b8-7-. The van der Waals surface area contributed by atoms with E-state index in [0.29, 0.717) is 0 Å². The molecule has 1 aliphatic carbocycles. The smallest absolute Gasteiger partial charge is 0.354 e. The molecule has 0 radical (unpaired) electrons. The number of carbonyl (C=O) groups is 4. The number of hydrogen-bond acceptors (Lipinski definition) is 7. The highest BCUT2D eigenvalue weighted by Gasteiger charge is 2.24. The number of rotatable bonds is 6. The van der Waals surface area contributed by atoms with Crippen LogP contribution in [0.5, 0.6) is 0 Å². The maximum atomic E-state index is 11.6. The monoisotopic (exact) mass is 312 g/mol. The predicted octanol–water partition coefficient (Wildman–Crippen LogP) is 1.30. The second-order valence-electron chi connectivity index (χ2n) is 5.08. The van der Waals surface area contributed by atoms with Gasteiger partial charge in [-0.05, 0) is 25.7 Å². The topological polar surface area (TPSA) is 96.0 Å². The molecular formula is C15H20O7. The number of ether oxygens (including phenoxy) is 3. The molecule has 0 heterocycles. The van der Waals surface area contributed by atoms with E-state index in [1.807, 2.05) is 0 Å². The van der Waals surface area contributed by atoms with E-state index in [4.69, 9.17) is 4.74 Å². The Hall–Kier alpha value is -2.18. The van der Waals surface area contributed by atoms with Crippen LogP contribution in [0.4, 0.5) is 0 Å². The summed E-state index contributed by atoms with van der Waals surface area (Å²) >= 11 is 0. The van der Waals surface area contributed by atoms with Crippen LogP contribution in [0.2, 0.25) is 0 Å². The van der Waals surface area contributed by atoms with Gasteiger partial charge in [0.2, 0.25) is 0 Å². The van der Waals surface area contributed by atoms with Crippen molar-refractivity contribution in [3.05, 3.63) is 12.2 Å². The van der Waals surface area contributed by atoms with Crippen molar-refractivity contribution in [1.82, 2.24) is 0 Å². The lowest BCUT2D eigenvalue weighted by molar-refractivity contribution is -0.171. The van der Waals surface area contributed by atoms with E-state index < -0.39 is 30.0 Å². The Balaban J connectivity index is 2.34. The van der Waals surface area contributed by atoms with Crippen molar-refractivity contribution in [2.75, 3.05) is 7.11 Å². The van der Waals surface area contributed by atoms with Crippen LogP contribution in [0.25, 0.3) is 0 Å². The molecule has 0 N–H and O–H groups in total. The largest absolute Gasteiger partial charge is 0.466 e. The second-order valence-corrected chi connectivity index (χ2v) is 5.08. The molecule has 1 rings (SSSR count). The number of hydrogen-bond donors (Lipinski definition) is 0. The zero-order chi connectivity index (χ0) is 16.5. The SMILES string of the molecule is COC(=O)/C=C\C(=O)OC(C)C(=O)OC(=O)CC1CCCC1. The highest BCUT2D eigenvalue weighted by atomic mass is 16.6. The van der Waals surface area contributed by atoms with Gasteiger partial charge in [-0.3, -0.25) is 4.79 Å². The highest BCUT2D eigenvalue weighted by molar-refractivity contribution is 5.93. The van der Waals surface area contributed by atoms with Gasteiger partial charge < -0.3 is 14.2 Å². The first kappa shape index (κ1) is 17.9. The lowest BCUT2D eigenvalue weighted by Crippen LogP contribution is -2.28. The third-order valence-corrected chi connectivity index (χ3v) is 3.33. The Kier molecular flexibility index (Phi) is 7.28. The molecule has 1 atom stereocenters. The third kappa shape index (κ3) is 6.51. The van der Waals surface area contributed by atoms with Crippen LogP contribution in [-0.2, 0) is 33.4 Å². The summed E-state index contributed by atoms with van der Waals surface area (Å²) in [4.78, 5) is 45.3. The predicted molar refractivity (Wildman–Crippen MR) is 74.4 cm³/mol. The molecule has 1 aliphatic rings. The van der Waals surface area contributed by atoms with Gasteiger partial charge in [0.1, 0.15) is 0 Å². The molecule has 0 aromatic heterocycles. The molecule has 22 heavy (non-hydrogen) atoms. The number of esters is 4. The van der Waals surface area contributed by atoms with Gasteiger partial charge in [-0.1, -0.05) is 12.8 Å². The molecule has 0 aromatic rings. The first-order valence-corrected chi connectivity index (χ1v) is 7.13. The molecule has 1 fully saturated rings. The molecule has 1 saturated carbocycles. The molecule has 7 nitrogen and oxygen atoms in total. The molecule has 122 valence electrons. The quantitative estimate of drug-likeness (QED) is 0.315. The van der Waals surface area contributed by atoms with E-state index in [1.165, 1.54) is 6.92 Å². The van der Waals surface area contributed by atoms with Gasteiger partial charge in [-0.2, -0.15) is 0 Å². The van der Waals surface area contributed by atoms with E-state index in [9.17, 15) is 19.2 Å². The van der Waals surface area contributed by atoms with Crippen molar-refractivity contribution in [2.45, 2.75) is 45.1 Å². The molecule has 0 aromatic carbocycles. The highest BCUT2D eigenvalue weighted by Crippen LogP contribution is 2.27. The lowest BCUT2D eigenvalue weighted by Gasteiger charge is -2.12. The van der Waals surface area contributed by atoms with Crippen LogP contribution < -0.4 is 0 Å². The molecular weight excluding hydrogens is 292 g/mol. The zero-order valence-electron chi connectivity index (χ0n) is 12.7. The summed E-state index contributed by atoms with van der Waals surface area (Å²) in [5.41, 5.74) is 0. The van der Waals surface area contributed by atoms with Crippen LogP contribution in [0.3, 0.4) is 0 Å².